The van der Waals surface area contributed by atoms with E-state index in [2.05, 4.69) is 26.6 Å². The number of carbonyl (C=O) groups excluding carboxylic acids is 2. The Morgan fingerprint density at radius 2 is 2.30 bits per heavy atom. The third-order valence-corrected chi connectivity index (χ3v) is 4.32. The van der Waals surface area contributed by atoms with Crippen LogP contribution in [0.15, 0.2) is 22.7 Å². The number of rotatable bonds is 3. The Morgan fingerprint density at radius 1 is 1.48 bits per heavy atom. The van der Waals surface area contributed by atoms with Crippen molar-refractivity contribution in [1.82, 2.24) is 10.6 Å². The predicted octanol–water partition coefficient (Wildman–Crippen LogP) is 1.46. The van der Waals surface area contributed by atoms with Crippen molar-refractivity contribution in [3.63, 3.8) is 0 Å². The van der Waals surface area contributed by atoms with Crippen molar-refractivity contribution >= 4 is 45.8 Å². The standard InChI is InChI=1S/C15H18BrN3O3.ClH/c16-10-3-4-12-13(6-10)22-9-15(21)19(12)8-14(20)18-11-2-1-5-17-7-11;/h3-4,6,11,17H,1-2,5,7-9H2,(H,18,20);1H. The number of fused-ring (bicyclic) bond motifs is 1. The molecule has 6 nitrogen and oxygen atoms in total. The van der Waals surface area contributed by atoms with Crippen LogP contribution >= 0.6 is 28.3 Å². The maximum Gasteiger partial charge on any atom is 0.265 e. The molecule has 0 spiro atoms. The summed E-state index contributed by atoms with van der Waals surface area (Å²) in [5.41, 5.74) is 0.636. The summed E-state index contributed by atoms with van der Waals surface area (Å²) in [6.45, 7) is 1.76. The lowest BCUT2D eigenvalue weighted by atomic mass is 10.1. The van der Waals surface area contributed by atoms with E-state index >= 15 is 0 Å². The molecular formula is C15H19BrClN3O3. The highest BCUT2D eigenvalue weighted by molar-refractivity contribution is 9.10. The summed E-state index contributed by atoms with van der Waals surface area (Å²) in [5.74, 6) is 0.269. The molecule has 8 heteroatoms. The van der Waals surface area contributed by atoms with Gasteiger partial charge < -0.3 is 15.4 Å². The van der Waals surface area contributed by atoms with Crippen molar-refractivity contribution in [3.8, 4) is 5.75 Å². The summed E-state index contributed by atoms with van der Waals surface area (Å²) in [7, 11) is 0. The van der Waals surface area contributed by atoms with Crippen molar-refractivity contribution in [2.75, 3.05) is 31.1 Å². The number of carbonyl (C=O) groups is 2. The minimum Gasteiger partial charge on any atom is -0.482 e. The molecule has 0 aliphatic carbocycles. The van der Waals surface area contributed by atoms with Gasteiger partial charge in [0, 0.05) is 17.1 Å². The molecule has 1 unspecified atom stereocenters. The predicted molar refractivity (Wildman–Crippen MR) is 93.3 cm³/mol. The van der Waals surface area contributed by atoms with E-state index in [1.165, 1.54) is 4.90 Å². The monoisotopic (exact) mass is 403 g/mol. The fourth-order valence-corrected chi connectivity index (χ4v) is 3.08. The van der Waals surface area contributed by atoms with Crippen molar-refractivity contribution in [3.05, 3.63) is 22.7 Å². The van der Waals surface area contributed by atoms with Gasteiger partial charge in [-0.1, -0.05) is 15.9 Å². The van der Waals surface area contributed by atoms with Gasteiger partial charge in [0.05, 0.1) is 5.69 Å². The smallest absolute Gasteiger partial charge is 0.265 e. The van der Waals surface area contributed by atoms with Crippen LogP contribution in [0.4, 0.5) is 5.69 Å². The normalized spacial score (nSPS) is 20.1. The highest BCUT2D eigenvalue weighted by atomic mass is 79.9. The van der Waals surface area contributed by atoms with E-state index < -0.39 is 0 Å². The summed E-state index contributed by atoms with van der Waals surface area (Å²) in [4.78, 5) is 25.8. The van der Waals surface area contributed by atoms with Gasteiger partial charge in [0.2, 0.25) is 5.91 Å². The molecule has 2 N–H and O–H groups in total. The number of anilines is 1. The van der Waals surface area contributed by atoms with Crippen LogP contribution in [0.2, 0.25) is 0 Å². The molecule has 1 atom stereocenters. The number of ether oxygens (including phenoxy) is 1. The first-order valence-electron chi connectivity index (χ1n) is 7.36. The molecule has 2 aliphatic heterocycles. The molecule has 23 heavy (non-hydrogen) atoms. The van der Waals surface area contributed by atoms with Crippen LogP contribution < -0.4 is 20.3 Å². The van der Waals surface area contributed by atoms with Gasteiger partial charge >= 0.3 is 0 Å². The van der Waals surface area contributed by atoms with Gasteiger partial charge in [-0.3, -0.25) is 14.5 Å². The van der Waals surface area contributed by atoms with E-state index in [1.54, 1.807) is 12.1 Å². The second kappa shape index (κ2) is 7.99. The van der Waals surface area contributed by atoms with Gasteiger partial charge in [0.15, 0.2) is 6.61 Å². The van der Waals surface area contributed by atoms with Crippen molar-refractivity contribution in [2.45, 2.75) is 18.9 Å². The zero-order chi connectivity index (χ0) is 15.5. The summed E-state index contributed by atoms with van der Waals surface area (Å²) < 4.78 is 6.29. The maximum absolute atomic E-state index is 12.2. The average Bonchev–Trinajstić information content (AvgIpc) is 2.51. The van der Waals surface area contributed by atoms with Crippen LogP contribution in [-0.4, -0.2) is 44.1 Å². The van der Waals surface area contributed by atoms with E-state index in [4.69, 9.17) is 4.74 Å². The molecule has 0 aromatic heterocycles. The van der Waals surface area contributed by atoms with Gasteiger partial charge in [-0.15, -0.1) is 12.4 Å². The number of nitrogens with one attached hydrogen (secondary N) is 2. The molecule has 0 radical (unpaired) electrons. The molecule has 1 aromatic carbocycles. The Balaban J connectivity index is 0.00000192. The lowest BCUT2D eigenvalue weighted by molar-refractivity contribution is -0.125. The Labute approximate surface area is 149 Å². The first kappa shape index (κ1) is 18.0. The number of benzene rings is 1. The van der Waals surface area contributed by atoms with Crippen molar-refractivity contribution < 1.29 is 14.3 Å². The van der Waals surface area contributed by atoms with E-state index in [0.29, 0.717) is 11.4 Å². The number of piperidine rings is 1. The summed E-state index contributed by atoms with van der Waals surface area (Å²) >= 11 is 3.37. The minimum absolute atomic E-state index is 0. The topological polar surface area (TPSA) is 70.7 Å². The number of hydrogen-bond donors (Lipinski definition) is 2. The lowest BCUT2D eigenvalue weighted by Gasteiger charge is -2.30. The Bertz CT molecular complexity index is 593. The van der Waals surface area contributed by atoms with Crippen LogP contribution in [0.5, 0.6) is 5.75 Å². The SMILES string of the molecule is Cl.O=C(CN1C(=O)COc2cc(Br)ccc21)NC1CCCNC1. The van der Waals surface area contributed by atoms with E-state index in [-0.39, 0.29) is 43.4 Å². The highest BCUT2D eigenvalue weighted by Gasteiger charge is 2.28. The third kappa shape index (κ3) is 4.37. The number of hydrogen-bond acceptors (Lipinski definition) is 4. The van der Waals surface area contributed by atoms with Crippen LogP contribution in [0.1, 0.15) is 12.8 Å². The quantitative estimate of drug-likeness (QED) is 0.800. The molecule has 2 heterocycles. The zero-order valence-corrected chi connectivity index (χ0v) is 14.9. The fraction of sp³-hybridized carbons (Fsp3) is 0.467. The maximum atomic E-state index is 12.2. The van der Waals surface area contributed by atoms with Crippen LogP contribution in [0.3, 0.4) is 0 Å². The molecule has 2 aliphatic rings. The van der Waals surface area contributed by atoms with Gasteiger partial charge in [0.1, 0.15) is 12.3 Å². The fourth-order valence-electron chi connectivity index (χ4n) is 2.74. The molecule has 0 saturated carbocycles. The minimum atomic E-state index is -0.202. The number of amides is 2. The largest absolute Gasteiger partial charge is 0.482 e. The van der Waals surface area contributed by atoms with E-state index in [1.807, 2.05) is 6.07 Å². The second-order valence-corrected chi connectivity index (χ2v) is 6.41. The van der Waals surface area contributed by atoms with E-state index in [0.717, 1.165) is 30.4 Å². The average molecular weight is 405 g/mol. The van der Waals surface area contributed by atoms with Gasteiger partial charge in [-0.05, 0) is 37.6 Å². The van der Waals surface area contributed by atoms with Crippen LogP contribution in [0, 0.1) is 0 Å². The number of nitrogens with zero attached hydrogens (tertiary/aromatic N) is 1. The number of halogens is 2. The lowest BCUT2D eigenvalue weighted by Crippen LogP contribution is -2.50. The van der Waals surface area contributed by atoms with Gasteiger partial charge in [0.25, 0.3) is 5.91 Å². The summed E-state index contributed by atoms with van der Waals surface area (Å²) in [6, 6.07) is 5.56. The molecule has 1 aromatic rings. The molecule has 2 amide bonds. The third-order valence-electron chi connectivity index (χ3n) is 3.83. The van der Waals surface area contributed by atoms with Crippen LogP contribution in [-0.2, 0) is 9.59 Å². The second-order valence-electron chi connectivity index (χ2n) is 5.49. The molecule has 1 fully saturated rings. The van der Waals surface area contributed by atoms with Crippen molar-refractivity contribution in [2.24, 2.45) is 0 Å². The van der Waals surface area contributed by atoms with Crippen molar-refractivity contribution in [1.29, 1.82) is 0 Å². The Hall–Kier alpha value is -1.31. The van der Waals surface area contributed by atoms with E-state index in [9.17, 15) is 9.59 Å². The summed E-state index contributed by atoms with van der Waals surface area (Å²) in [5, 5.41) is 6.24. The van der Waals surface area contributed by atoms with Gasteiger partial charge in [-0.2, -0.15) is 0 Å². The first-order chi connectivity index (χ1) is 10.6. The zero-order valence-electron chi connectivity index (χ0n) is 12.5. The highest BCUT2D eigenvalue weighted by Crippen LogP contribution is 2.34. The molecule has 3 rings (SSSR count). The van der Waals surface area contributed by atoms with Crippen LogP contribution in [0.25, 0.3) is 0 Å². The molecule has 126 valence electrons. The molecule has 1 saturated heterocycles. The van der Waals surface area contributed by atoms with Gasteiger partial charge in [-0.25, -0.2) is 0 Å². The molecular weight excluding hydrogens is 386 g/mol. The summed E-state index contributed by atoms with van der Waals surface area (Å²) in [6.07, 6.45) is 2.03. The molecule has 0 bridgehead atoms. The Kier molecular flexibility index (Phi) is 6.26. The Morgan fingerprint density at radius 3 is 3.04 bits per heavy atom. The first-order valence-corrected chi connectivity index (χ1v) is 8.15.